The fourth-order valence-electron chi connectivity index (χ4n) is 5.92. The minimum Gasteiger partial charge on any atom is -0.382 e. The largest absolute Gasteiger partial charge is 0.382 e. The number of halogens is 1. The third-order valence-electron chi connectivity index (χ3n) is 7.45. The highest BCUT2D eigenvalue weighted by Gasteiger charge is 2.53. The van der Waals surface area contributed by atoms with Gasteiger partial charge in [0, 0.05) is 35.9 Å². The van der Waals surface area contributed by atoms with E-state index in [0.717, 1.165) is 59.0 Å². The Bertz CT molecular complexity index is 1060. The lowest BCUT2D eigenvalue weighted by Crippen LogP contribution is -2.67. The van der Waals surface area contributed by atoms with Crippen molar-refractivity contribution in [1.29, 1.82) is 0 Å². The fraction of sp³-hybridized carbons (Fsp3) is 0.346. The second-order valence-electron chi connectivity index (χ2n) is 9.02. The Morgan fingerprint density at radius 1 is 1.17 bits per heavy atom. The smallest absolute Gasteiger partial charge is 0.131 e. The van der Waals surface area contributed by atoms with Crippen molar-refractivity contribution in [2.75, 3.05) is 13.1 Å². The zero-order chi connectivity index (χ0) is 20.7. The van der Waals surface area contributed by atoms with E-state index < -0.39 is 6.10 Å². The van der Waals surface area contributed by atoms with Crippen molar-refractivity contribution in [2.24, 2.45) is 11.8 Å². The van der Waals surface area contributed by atoms with Gasteiger partial charge in [-0.1, -0.05) is 36.4 Å². The zero-order valence-corrected chi connectivity index (χ0v) is 17.1. The van der Waals surface area contributed by atoms with Gasteiger partial charge in [0.25, 0.3) is 0 Å². The first-order chi connectivity index (χ1) is 14.6. The molecule has 0 aliphatic carbocycles. The van der Waals surface area contributed by atoms with Crippen LogP contribution in [0.15, 0.2) is 73.4 Å². The number of para-hydroxylation sites is 1. The second-order valence-corrected chi connectivity index (χ2v) is 9.02. The molecule has 3 aromatic rings. The molecule has 1 N–H and O–H groups in total. The van der Waals surface area contributed by atoms with Crippen LogP contribution in [0.5, 0.6) is 0 Å². The molecule has 3 saturated heterocycles. The van der Waals surface area contributed by atoms with Crippen LogP contribution in [0, 0.1) is 17.7 Å². The molecule has 3 fully saturated rings. The lowest BCUT2D eigenvalue weighted by atomic mass is 9.71. The van der Waals surface area contributed by atoms with Crippen molar-refractivity contribution in [3.05, 3.63) is 90.4 Å². The molecule has 4 heteroatoms. The van der Waals surface area contributed by atoms with Crippen LogP contribution < -0.4 is 0 Å². The Hall–Kier alpha value is -2.56. The van der Waals surface area contributed by atoms with Crippen molar-refractivity contribution in [3.63, 3.8) is 0 Å². The Morgan fingerprint density at radius 2 is 1.97 bits per heavy atom. The minimum atomic E-state index is -0.563. The molecular formula is C26H28FN2O+. The molecule has 154 valence electrons. The average molecular weight is 404 g/mol. The van der Waals surface area contributed by atoms with E-state index in [1.54, 1.807) is 6.20 Å². The number of aliphatic hydroxyl groups excluding tert-OH is 1. The molecule has 6 rings (SSSR count). The molecule has 1 unspecified atom stereocenters. The summed E-state index contributed by atoms with van der Waals surface area (Å²) in [7, 11) is 0. The molecular weight excluding hydrogens is 375 g/mol. The Kier molecular flexibility index (Phi) is 4.92. The number of pyridine rings is 1. The minimum absolute atomic E-state index is 0.107. The highest BCUT2D eigenvalue weighted by molar-refractivity contribution is 5.82. The van der Waals surface area contributed by atoms with E-state index in [9.17, 15) is 9.50 Å². The van der Waals surface area contributed by atoms with Crippen molar-refractivity contribution < 1.29 is 14.0 Å². The number of aromatic nitrogens is 1. The molecule has 5 atom stereocenters. The molecule has 0 spiro atoms. The van der Waals surface area contributed by atoms with E-state index in [1.807, 2.05) is 42.5 Å². The van der Waals surface area contributed by atoms with Crippen LogP contribution in [0.4, 0.5) is 4.39 Å². The number of hydrogen-bond donors (Lipinski definition) is 1. The van der Waals surface area contributed by atoms with Gasteiger partial charge < -0.3 is 9.59 Å². The van der Waals surface area contributed by atoms with Gasteiger partial charge in [-0.3, -0.25) is 4.98 Å². The van der Waals surface area contributed by atoms with Gasteiger partial charge in [0.15, 0.2) is 0 Å². The lowest BCUT2D eigenvalue weighted by molar-refractivity contribution is -0.984. The third kappa shape index (κ3) is 3.24. The molecule has 0 radical (unpaired) electrons. The third-order valence-corrected chi connectivity index (χ3v) is 7.45. The van der Waals surface area contributed by atoms with Crippen LogP contribution in [0.2, 0.25) is 0 Å². The monoisotopic (exact) mass is 403 g/mol. The maximum Gasteiger partial charge on any atom is 0.131 e. The highest BCUT2D eigenvalue weighted by Crippen LogP contribution is 2.48. The molecule has 3 aliphatic heterocycles. The standard InChI is InChI=1S/C26H28FN2O/c1-2-19-17-29(16-18-7-9-21(27)10-8-18)14-12-20(19)15-25(29)26(30)23-11-13-28-24-6-4-3-5-22(23)24/h2-11,13,19-20,25-26,30H,1,12,14-17H2/q+1/t19-,20-,25+,26-,29?/m0/s1. The van der Waals surface area contributed by atoms with Crippen LogP contribution in [0.3, 0.4) is 0 Å². The van der Waals surface area contributed by atoms with Gasteiger partial charge in [-0.25, -0.2) is 4.39 Å². The SMILES string of the molecule is C=C[C@H]1C[N+]2(Cc3ccc(F)cc3)CC[C@H]1C[C@@H]2[C@@H](O)c1ccnc2ccccc12. The molecule has 2 aromatic carbocycles. The quantitative estimate of drug-likeness (QED) is 0.479. The van der Waals surface area contributed by atoms with Crippen LogP contribution in [0.25, 0.3) is 10.9 Å². The first-order valence-corrected chi connectivity index (χ1v) is 10.8. The van der Waals surface area contributed by atoms with Crippen molar-refractivity contribution >= 4 is 10.9 Å². The maximum atomic E-state index is 13.5. The fourth-order valence-corrected chi connectivity index (χ4v) is 5.92. The van der Waals surface area contributed by atoms with Gasteiger partial charge in [-0.05, 0) is 35.7 Å². The van der Waals surface area contributed by atoms with Gasteiger partial charge in [-0.2, -0.15) is 0 Å². The molecule has 1 aromatic heterocycles. The van der Waals surface area contributed by atoms with Crippen LogP contribution in [-0.4, -0.2) is 33.7 Å². The Morgan fingerprint density at radius 3 is 2.77 bits per heavy atom. The molecule has 0 saturated carbocycles. The van der Waals surface area contributed by atoms with Crippen LogP contribution in [-0.2, 0) is 6.54 Å². The number of nitrogens with zero attached hydrogens (tertiary/aromatic N) is 2. The average Bonchev–Trinajstić information content (AvgIpc) is 2.79. The second kappa shape index (κ2) is 7.60. The predicted octanol–water partition coefficient (Wildman–Crippen LogP) is 5.02. The summed E-state index contributed by atoms with van der Waals surface area (Å²) in [5.41, 5.74) is 3.00. The lowest BCUT2D eigenvalue weighted by Gasteiger charge is -2.58. The topological polar surface area (TPSA) is 33.1 Å². The number of aliphatic hydroxyl groups is 1. The zero-order valence-electron chi connectivity index (χ0n) is 17.1. The van der Waals surface area contributed by atoms with Crippen molar-refractivity contribution in [1.82, 2.24) is 4.98 Å². The summed E-state index contributed by atoms with van der Waals surface area (Å²) >= 11 is 0. The van der Waals surface area contributed by atoms with E-state index >= 15 is 0 Å². The van der Waals surface area contributed by atoms with Gasteiger partial charge in [0.05, 0.1) is 18.6 Å². The summed E-state index contributed by atoms with van der Waals surface area (Å²) in [6.45, 7) is 6.92. The molecule has 0 amide bonds. The van der Waals surface area contributed by atoms with Gasteiger partial charge in [0.1, 0.15) is 24.5 Å². The molecule has 3 aliphatic rings. The van der Waals surface area contributed by atoms with Gasteiger partial charge in [-0.15, -0.1) is 6.58 Å². The summed E-state index contributed by atoms with van der Waals surface area (Å²) in [6, 6.07) is 17.0. The van der Waals surface area contributed by atoms with Crippen LogP contribution in [0.1, 0.15) is 30.1 Å². The number of fused-ring (bicyclic) bond motifs is 4. The number of piperidine rings is 3. The normalized spacial score (nSPS) is 29.1. The maximum absolute atomic E-state index is 13.5. The first kappa shape index (κ1) is 19.4. The molecule has 4 heterocycles. The van der Waals surface area contributed by atoms with Crippen LogP contribution >= 0.6 is 0 Å². The van der Waals surface area contributed by atoms with Crippen molar-refractivity contribution in [3.8, 4) is 0 Å². The first-order valence-electron chi connectivity index (χ1n) is 10.8. The molecule has 30 heavy (non-hydrogen) atoms. The van der Waals surface area contributed by atoms with E-state index in [0.29, 0.717) is 11.8 Å². The summed E-state index contributed by atoms with van der Waals surface area (Å²) in [5.74, 6) is 0.834. The van der Waals surface area contributed by atoms with E-state index in [4.69, 9.17) is 0 Å². The van der Waals surface area contributed by atoms with E-state index in [1.165, 1.54) is 12.1 Å². The Labute approximate surface area is 177 Å². The van der Waals surface area contributed by atoms with Gasteiger partial charge >= 0.3 is 0 Å². The Balaban J connectivity index is 1.55. The highest BCUT2D eigenvalue weighted by atomic mass is 19.1. The number of quaternary nitrogens is 1. The molecule has 3 nitrogen and oxygen atoms in total. The van der Waals surface area contributed by atoms with E-state index in [-0.39, 0.29) is 11.9 Å². The summed E-state index contributed by atoms with van der Waals surface area (Å²) < 4.78 is 14.3. The summed E-state index contributed by atoms with van der Waals surface area (Å²) in [5, 5.41) is 12.7. The van der Waals surface area contributed by atoms with Crippen molar-refractivity contribution in [2.45, 2.75) is 31.5 Å². The number of hydrogen-bond acceptors (Lipinski definition) is 2. The number of rotatable bonds is 5. The summed E-state index contributed by atoms with van der Waals surface area (Å²) in [4.78, 5) is 4.47. The molecule has 2 bridgehead atoms. The van der Waals surface area contributed by atoms with E-state index in [2.05, 4.69) is 17.6 Å². The summed E-state index contributed by atoms with van der Waals surface area (Å²) in [6.07, 6.45) is 5.47. The number of benzene rings is 2. The van der Waals surface area contributed by atoms with Gasteiger partial charge in [0.2, 0.25) is 0 Å². The predicted molar refractivity (Wildman–Crippen MR) is 117 cm³/mol.